The molecule has 2 aromatic rings. The Morgan fingerprint density at radius 3 is 2.83 bits per heavy atom. The quantitative estimate of drug-likeness (QED) is 0.896. The topological polar surface area (TPSA) is 67.1 Å². The molecule has 0 saturated heterocycles. The predicted molar refractivity (Wildman–Crippen MR) is 93.2 cm³/mol. The fraction of sp³-hybridized carbons (Fsp3) is 0.474. The second-order valence-corrected chi connectivity index (χ2v) is 6.84. The van der Waals surface area contributed by atoms with Crippen LogP contribution in [-0.4, -0.2) is 27.4 Å². The lowest BCUT2D eigenvalue weighted by molar-refractivity contribution is 0.0697. The first-order valence-corrected chi connectivity index (χ1v) is 8.93. The monoisotopic (exact) mass is 325 g/mol. The third-order valence-corrected chi connectivity index (χ3v) is 5.24. The van der Waals surface area contributed by atoms with Crippen LogP contribution in [-0.2, 0) is 6.42 Å². The summed E-state index contributed by atoms with van der Waals surface area (Å²) in [4.78, 5) is 11.3. The third kappa shape index (κ3) is 2.68. The summed E-state index contributed by atoms with van der Waals surface area (Å²) in [6.07, 6.45) is 8.42. The van der Waals surface area contributed by atoms with Gasteiger partial charge in [0.25, 0.3) is 0 Å². The minimum Gasteiger partial charge on any atom is -0.478 e. The highest BCUT2D eigenvalue weighted by molar-refractivity contribution is 5.88. The minimum absolute atomic E-state index is 0.299. The summed E-state index contributed by atoms with van der Waals surface area (Å²) in [7, 11) is 0. The first-order valence-electron chi connectivity index (χ1n) is 8.93. The Kier molecular flexibility index (Phi) is 4.00. The smallest absolute Gasteiger partial charge is 0.335 e. The van der Waals surface area contributed by atoms with Gasteiger partial charge in [-0.3, -0.25) is 0 Å². The van der Waals surface area contributed by atoms with Gasteiger partial charge in [0.15, 0.2) is 0 Å². The van der Waals surface area contributed by atoms with Gasteiger partial charge in [-0.15, -0.1) is 0 Å². The van der Waals surface area contributed by atoms with E-state index in [9.17, 15) is 9.90 Å². The number of anilines is 1. The molecule has 0 unspecified atom stereocenters. The van der Waals surface area contributed by atoms with E-state index in [4.69, 9.17) is 5.10 Å². The number of benzene rings is 1. The van der Waals surface area contributed by atoms with Crippen LogP contribution < -0.4 is 5.32 Å². The number of rotatable bonds is 3. The maximum Gasteiger partial charge on any atom is 0.335 e. The molecule has 2 heterocycles. The number of nitrogens with one attached hydrogen (secondary N) is 1. The summed E-state index contributed by atoms with van der Waals surface area (Å²) in [5.41, 5.74) is 3.70. The first-order chi connectivity index (χ1) is 11.7. The van der Waals surface area contributed by atoms with Crippen LogP contribution in [0, 0.1) is 0 Å². The molecule has 4 rings (SSSR count). The van der Waals surface area contributed by atoms with E-state index in [1.54, 1.807) is 18.2 Å². The van der Waals surface area contributed by atoms with Gasteiger partial charge in [-0.05, 0) is 50.3 Å². The number of nitrogens with zero attached hydrogens (tertiary/aromatic N) is 2. The number of carboxylic acids is 1. The van der Waals surface area contributed by atoms with Crippen molar-refractivity contribution >= 4 is 11.8 Å². The molecule has 126 valence electrons. The maximum atomic E-state index is 11.3. The molecule has 24 heavy (non-hydrogen) atoms. The van der Waals surface area contributed by atoms with Crippen molar-refractivity contribution < 1.29 is 9.90 Å². The molecule has 5 heteroatoms. The molecule has 1 aromatic carbocycles. The van der Waals surface area contributed by atoms with E-state index in [1.165, 1.54) is 43.4 Å². The minimum atomic E-state index is -0.904. The van der Waals surface area contributed by atoms with E-state index in [0.29, 0.717) is 11.5 Å². The van der Waals surface area contributed by atoms with Gasteiger partial charge in [-0.25, -0.2) is 9.48 Å². The molecule has 1 aromatic heterocycles. The highest BCUT2D eigenvalue weighted by atomic mass is 16.4. The van der Waals surface area contributed by atoms with Crippen molar-refractivity contribution in [2.75, 3.05) is 11.9 Å². The summed E-state index contributed by atoms with van der Waals surface area (Å²) < 4.78 is 1.93. The molecular weight excluding hydrogens is 302 g/mol. The van der Waals surface area contributed by atoms with Gasteiger partial charge in [-0.1, -0.05) is 18.9 Å². The molecule has 1 saturated carbocycles. The van der Waals surface area contributed by atoms with Crippen LogP contribution in [0.4, 0.5) is 5.82 Å². The van der Waals surface area contributed by atoms with E-state index < -0.39 is 5.97 Å². The van der Waals surface area contributed by atoms with E-state index in [2.05, 4.69) is 5.32 Å². The SMILES string of the molecule is O=C(O)c1cccc(-n2nc(C3CCCC3)c3c2NCCCC3)c1. The van der Waals surface area contributed by atoms with Gasteiger partial charge in [0.05, 0.1) is 16.9 Å². The molecule has 5 nitrogen and oxygen atoms in total. The molecule has 0 atom stereocenters. The second kappa shape index (κ2) is 6.30. The Morgan fingerprint density at radius 1 is 1.21 bits per heavy atom. The molecule has 0 radical (unpaired) electrons. The summed E-state index contributed by atoms with van der Waals surface area (Å²) in [5.74, 6) is 0.721. The van der Waals surface area contributed by atoms with Gasteiger partial charge < -0.3 is 10.4 Å². The zero-order valence-electron chi connectivity index (χ0n) is 13.8. The van der Waals surface area contributed by atoms with E-state index >= 15 is 0 Å². The maximum absolute atomic E-state index is 11.3. The molecule has 1 fully saturated rings. The summed E-state index contributed by atoms with van der Waals surface area (Å²) in [6, 6.07) is 7.06. The lowest BCUT2D eigenvalue weighted by Gasteiger charge is -2.09. The lowest BCUT2D eigenvalue weighted by Crippen LogP contribution is -2.08. The molecular formula is C19H23N3O2. The number of carboxylic acid groups (broad SMARTS) is 1. The summed E-state index contributed by atoms with van der Waals surface area (Å²) in [6.45, 7) is 0.946. The second-order valence-electron chi connectivity index (χ2n) is 6.84. The van der Waals surface area contributed by atoms with Crippen LogP contribution in [0.2, 0.25) is 0 Å². The summed E-state index contributed by atoms with van der Waals surface area (Å²) >= 11 is 0. The molecule has 1 aliphatic heterocycles. The Morgan fingerprint density at radius 2 is 2.04 bits per heavy atom. The fourth-order valence-electron chi connectivity index (χ4n) is 4.01. The molecule has 2 N–H and O–H groups in total. The first kappa shape index (κ1) is 15.2. The fourth-order valence-corrected chi connectivity index (χ4v) is 4.01. The Labute approximate surface area is 141 Å². The Balaban J connectivity index is 1.82. The number of hydrogen-bond acceptors (Lipinski definition) is 3. The van der Waals surface area contributed by atoms with Gasteiger partial charge >= 0.3 is 5.97 Å². The highest BCUT2D eigenvalue weighted by Crippen LogP contribution is 2.39. The van der Waals surface area contributed by atoms with Crippen molar-refractivity contribution in [3.63, 3.8) is 0 Å². The number of hydrogen-bond donors (Lipinski definition) is 2. The zero-order chi connectivity index (χ0) is 16.5. The Bertz CT molecular complexity index is 760. The number of fused-ring (bicyclic) bond motifs is 1. The highest BCUT2D eigenvalue weighted by Gasteiger charge is 2.28. The molecule has 1 aliphatic carbocycles. The zero-order valence-corrected chi connectivity index (χ0v) is 13.8. The van der Waals surface area contributed by atoms with E-state index in [1.807, 2.05) is 10.7 Å². The van der Waals surface area contributed by atoms with Crippen molar-refractivity contribution in [2.45, 2.75) is 50.9 Å². The van der Waals surface area contributed by atoms with Gasteiger partial charge in [0, 0.05) is 18.0 Å². The van der Waals surface area contributed by atoms with Crippen molar-refractivity contribution in [2.24, 2.45) is 0 Å². The molecule has 0 bridgehead atoms. The van der Waals surface area contributed by atoms with Crippen molar-refractivity contribution in [3.05, 3.63) is 41.1 Å². The van der Waals surface area contributed by atoms with Crippen molar-refractivity contribution in [1.82, 2.24) is 9.78 Å². The molecule has 0 spiro atoms. The number of aromatic carboxylic acids is 1. The van der Waals surface area contributed by atoms with Crippen LogP contribution in [0.1, 0.15) is 66.1 Å². The normalized spacial score (nSPS) is 18.0. The van der Waals surface area contributed by atoms with Crippen molar-refractivity contribution in [3.8, 4) is 5.69 Å². The van der Waals surface area contributed by atoms with Crippen LogP contribution >= 0.6 is 0 Å². The van der Waals surface area contributed by atoms with Crippen molar-refractivity contribution in [1.29, 1.82) is 0 Å². The number of aromatic nitrogens is 2. The third-order valence-electron chi connectivity index (χ3n) is 5.24. The predicted octanol–water partition coefficient (Wildman–Crippen LogP) is 3.98. The lowest BCUT2D eigenvalue weighted by atomic mass is 9.97. The van der Waals surface area contributed by atoms with Crippen LogP contribution in [0.25, 0.3) is 5.69 Å². The standard InChI is InChI=1S/C19H23N3O2/c23-19(24)14-8-5-9-15(12-14)22-18-16(10-3-4-11-20-18)17(21-22)13-6-1-2-7-13/h5,8-9,12-13,20H,1-4,6-7,10-11H2,(H,23,24). The van der Waals surface area contributed by atoms with Gasteiger partial charge in [-0.2, -0.15) is 5.10 Å². The number of carbonyl (C=O) groups is 1. The van der Waals surface area contributed by atoms with E-state index in [-0.39, 0.29) is 0 Å². The van der Waals surface area contributed by atoms with E-state index in [0.717, 1.165) is 30.9 Å². The van der Waals surface area contributed by atoms with Gasteiger partial charge in [0.1, 0.15) is 5.82 Å². The molecule has 2 aliphatic rings. The van der Waals surface area contributed by atoms with Crippen LogP contribution in [0.5, 0.6) is 0 Å². The largest absolute Gasteiger partial charge is 0.478 e. The Hall–Kier alpha value is -2.30. The average molecular weight is 325 g/mol. The summed E-state index contributed by atoms with van der Waals surface area (Å²) in [5, 5.41) is 17.8. The molecule has 0 amide bonds. The van der Waals surface area contributed by atoms with Crippen LogP contribution in [0.3, 0.4) is 0 Å². The van der Waals surface area contributed by atoms with Gasteiger partial charge in [0.2, 0.25) is 0 Å². The average Bonchev–Trinajstić information content (AvgIpc) is 3.17. The van der Waals surface area contributed by atoms with Crippen LogP contribution in [0.15, 0.2) is 24.3 Å².